The second kappa shape index (κ2) is 12.5. The number of β-lactam (4-membered cyclic amide) rings is 1. The average Bonchev–Trinajstić information content (AvgIpc) is 3.66. The van der Waals surface area contributed by atoms with Crippen LogP contribution in [-0.2, 0) is 49.0 Å². The molecule has 254 valence electrons. The zero-order chi connectivity index (χ0) is 34.5. The minimum absolute atomic E-state index is 0.0557. The number of carbonyl (C=O) groups excluding carboxylic acids is 3. The number of amides is 2. The highest BCUT2D eigenvalue weighted by Gasteiger charge is 2.66. The first kappa shape index (κ1) is 33.4. The van der Waals surface area contributed by atoms with Crippen LogP contribution < -0.4 is 9.80 Å². The Morgan fingerprint density at radius 2 is 1.94 bits per heavy atom. The number of benzene rings is 2. The fraction of sp³-hybridized carbons (Fsp3) is 0.469. The molecule has 0 radical (unpaired) electrons. The summed E-state index contributed by atoms with van der Waals surface area (Å²) in [5, 5.41) is 29.4. The molecule has 2 aromatic carbocycles. The van der Waals surface area contributed by atoms with Gasteiger partial charge in [-0.1, -0.05) is 24.3 Å². The van der Waals surface area contributed by atoms with Crippen LogP contribution in [0, 0.1) is 16.0 Å². The Morgan fingerprint density at radius 3 is 2.56 bits per heavy atom. The second-order valence-corrected chi connectivity index (χ2v) is 17.1. The van der Waals surface area contributed by atoms with Crippen LogP contribution in [-0.4, -0.2) is 74.9 Å². The molecule has 3 aliphatic heterocycles. The number of hydrogen-bond acceptors (Lipinski definition) is 11. The maximum atomic E-state index is 14.7. The number of fused-ring (bicyclic) bond motifs is 2. The van der Waals surface area contributed by atoms with Crippen LogP contribution in [0.3, 0.4) is 0 Å². The van der Waals surface area contributed by atoms with E-state index in [1.54, 1.807) is 59.2 Å². The van der Waals surface area contributed by atoms with E-state index in [2.05, 4.69) is 10.3 Å². The summed E-state index contributed by atoms with van der Waals surface area (Å²) in [5.41, 5.74) is 0.636. The summed E-state index contributed by atoms with van der Waals surface area (Å²) in [4.78, 5) is 64.3. The molecule has 1 aromatic heterocycles. The molecule has 1 unspecified atom stereocenters. The van der Waals surface area contributed by atoms with E-state index in [4.69, 9.17) is 9.47 Å². The lowest BCUT2D eigenvalue weighted by Crippen LogP contribution is -2.54. The number of rotatable bonds is 11. The third-order valence-corrected chi connectivity index (χ3v) is 12.0. The summed E-state index contributed by atoms with van der Waals surface area (Å²) in [5.74, 6) is -1.56. The molecule has 5 atom stereocenters. The number of carbonyl (C=O) groups is 3. The van der Waals surface area contributed by atoms with Gasteiger partial charge < -0.3 is 24.3 Å². The SMILES string of the molecule is CC(=O)OC1CC(=O)N1c1ccc(CN2C(=O)[C@]3(O[C@H](CCn4cc(CCO)nn4)[C@@H]([Si](C)(C)O)[C@@H]3C)c3cc([N+](=O)[O-])ccc32)cc1. The van der Waals surface area contributed by atoms with Gasteiger partial charge in [0.25, 0.3) is 11.6 Å². The van der Waals surface area contributed by atoms with Crippen LogP contribution >= 0.6 is 0 Å². The number of nitro benzene ring substituents is 1. The normalized spacial score (nSPS) is 25.0. The summed E-state index contributed by atoms with van der Waals surface area (Å²) >= 11 is 0. The van der Waals surface area contributed by atoms with Crippen molar-refractivity contribution in [2.75, 3.05) is 16.4 Å². The topological polar surface area (TPSA) is 190 Å². The van der Waals surface area contributed by atoms with Gasteiger partial charge in [-0.3, -0.25) is 34.1 Å². The van der Waals surface area contributed by atoms with Gasteiger partial charge in [0.1, 0.15) is 0 Å². The van der Waals surface area contributed by atoms with Gasteiger partial charge in [0.05, 0.1) is 35.4 Å². The van der Waals surface area contributed by atoms with E-state index in [1.807, 2.05) is 6.92 Å². The molecule has 2 fully saturated rings. The van der Waals surface area contributed by atoms with Gasteiger partial charge in [-0.25, -0.2) is 0 Å². The molecule has 0 saturated carbocycles. The van der Waals surface area contributed by atoms with Gasteiger partial charge in [0.15, 0.2) is 20.1 Å². The Morgan fingerprint density at radius 1 is 1.21 bits per heavy atom. The number of aryl methyl sites for hydroxylation is 1. The predicted octanol–water partition coefficient (Wildman–Crippen LogP) is 2.78. The molecular formula is C32H38N6O9Si. The molecule has 6 rings (SSSR count). The smallest absolute Gasteiger partial charge is 0.304 e. The van der Waals surface area contributed by atoms with Crippen molar-refractivity contribution in [3.63, 3.8) is 0 Å². The molecule has 48 heavy (non-hydrogen) atoms. The van der Waals surface area contributed by atoms with Crippen molar-refractivity contribution in [3.8, 4) is 0 Å². The first-order valence-electron chi connectivity index (χ1n) is 15.8. The van der Waals surface area contributed by atoms with Crippen molar-refractivity contribution in [1.82, 2.24) is 15.0 Å². The Hall–Kier alpha value is -4.51. The zero-order valence-corrected chi connectivity index (χ0v) is 28.1. The van der Waals surface area contributed by atoms with Gasteiger partial charge in [-0.05, 0) is 43.3 Å². The van der Waals surface area contributed by atoms with Crippen molar-refractivity contribution in [2.45, 2.75) is 82.8 Å². The highest BCUT2D eigenvalue weighted by molar-refractivity contribution is 6.71. The van der Waals surface area contributed by atoms with Crippen LogP contribution in [0.2, 0.25) is 18.6 Å². The van der Waals surface area contributed by atoms with Crippen molar-refractivity contribution >= 4 is 43.2 Å². The number of aliphatic hydroxyl groups excluding tert-OH is 1. The summed E-state index contributed by atoms with van der Waals surface area (Å²) < 4.78 is 13.6. The number of esters is 1. The number of hydrogen-bond donors (Lipinski definition) is 2. The summed E-state index contributed by atoms with van der Waals surface area (Å²) in [6.45, 7) is 7.21. The lowest BCUT2D eigenvalue weighted by molar-refractivity contribution is -0.385. The molecule has 0 bridgehead atoms. The number of ether oxygens (including phenoxy) is 2. The van der Waals surface area contributed by atoms with E-state index in [-0.39, 0.29) is 37.1 Å². The van der Waals surface area contributed by atoms with Gasteiger partial charge in [0.2, 0.25) is 5.91 Å². The van der Waals surface area contributed by atoms with Gasteiger partial charge >= 0.3 is 5.97 Å². The van der Waals surface area contributed by atoms with Crippen LogP contribution in [0.4, 0.5) is 17.1 Å². The minimum atomic E-state index is -2.98. The molecular weight excluding hydrogens is 640 g/mol. The standard InChI is InChI=1S/C32H38N6O9Si/c1-19-30(48(3,4)45)27(11-13-35-18-22(12-14-39)33-34-35)47-32(19)25-15-24(38(43)44)9-10-26(25)36(31(32)42)17-21-5-7-23(8-6-21)37-28(41)16-29(37)46-20(2)40/h5-10,15,18-19,27,29-30,39,45H,11-14,16-17H2,1-4H3/t19-,27+,29?,30-,32+/m0/s1. The summed E-state index contributed by atoms with van der Waals surface area (Å²) in [6.07, 6.45) is 1.38. The number of nitrogens with zero attached hydrogens (tertiary/aromatic N) is 6. The van der Waals surface area contributed by atoms with E-state index < -0.39 is 48.6 Å². The number of aromatic nitrogens is 3. The molecule has 2 N–H and O–H groups in total. The maximum Gasteiger partial charge on any atom is 0.304 e. The zero-order valence-electron chi connectivity index (χ0n) is 27.1. The molecule has 1 spiro atoms. The number of aliphatic hydroxyl groups is 1. The van der Waals surface area contributed by atoms with E-state index >= 15 is 0 Å². The monoisotopic (exact) mass is 678 g/mol. The third-order valence-electron chi connectivity index (χ3n) is 9.54. The fourth-order valence-corrected chi connectivity index (χ4v) is 10.1. The van der Waals surface area contributed by atoms with E-state index in [0.29, 0.717) is 42.0 Å². The molecule has 2 amide bonds. The van der Waals surface area contributed by atoms with Crippen molar-refractivity contribution in [3.05, 3.63) is 75.6 Å². The van der Waals surface area contributed by atoms with Crippen molar-refractivity contribution in [2.24, 2.45) is 5.92 Å². The third kappa shape index (κ3) is 5.78. The number of nitro groups is 1. The lowest BCUT2D eigenvalue weighted by atomic mass is 9.82. The number of non-ortho nitro benzene ring substituents is 1. The fourth-order valence-electron chi connectivity index (χ4n) is 7.47. The summed E-state index contributed by atoms with van der Waals surface area (Å²) in [7, 11) is -2.98. The Bertz CT molecular complexity index is 1760. The highest BCUT2D eigenvalue weighted by Crippen LogP contribution is 2.60. The Labute approximate surface area is 277 Å². The first-order valence-corrected chi connectivity index (χ1v) is 18.9. The largest absolute Gasteiger partial charge is 0.441 e. The molecule has 15 nitrogen and oxygen atoms in total. The first-order chi connectivity index (χ1) is 22.7. The second-order valence-electron chi connectivity index (χ2n) is 13.1. The molecule has 4 heterocycles. The van der Waals surface area contributed by atoms with Crippen LogP contribution in [0.5, 0.6) is 0 Å². The van der Waals surface area contributed by atoms with Gasteiger partial charge in [-0.15, -0.1) is 5.10 Å². The molecule has 3 aliphatic rings. The predicted molar refractivity (Wildman–Crippen MR) is 173 cm³/mol. The van der Waals surface area contributed by atoms with Crippen LogP contribution in [0.25, 0.3) is 0 Å². The lowest BCUT2D eigenvalue weighted by Gasteiger charge is -2.39. The minimum Gasteiger partial charge on any atom is -0.441 e. The highest BCUT2D eigenvalue weighted by atomic mass is 28.4. The van der Waals surface area contributed by atoms with Crippen LogP contribution in [0.15, 0.2) is 48.7 Å². The van der Waals surface area contributed by atoms with Crippen LogP contribution in [0.1, 0.15) is 43.5 Å². The molecule has 2 saturated heterocycles. The van der Waals surface area contributed by atoms with E-state index in [1.165, 1.54) is 24.0 Å². The average molecular weight is 679 g/mol. The maximum absolute atomic E-state index is 14.7. The van der Waals surface area contributed by atoms with Crippen molar-refractivity contribution in [1.29, 1.82) is 0 Å². The van der Waals surface area contributed by atoms with Gasteiger partial charge in [-0.2, -0.15) is 0 Å². The van der Waals surface area contributed by atoms with E-state index in [9.17, 15) is 34.4 Å². The molecule has 0 aliphatic carbocycles. The molecule has 16 heteroatoms. The van der Waals surface area contributed by atoms with Gasteiger partial charge in [0, 0.05) is 67.5 Å². The van der Waals surface area contributed by atoms with Crippen molar-refractivity contribution < 1.29 is 38.7 Å². The molecule has 3 aromatic rings. The quantitative estimate of drug-likeness (QED) is 0.0997. The number of anilines is 2. The summed E-state index contributed by atoms with van der Waals surface area (Å²) in [6, 6.07) is 11.3. The Kier molecular flexibility index (Phi) is 8.70. The Balaban J connectivity index is 1.31. The van der Waals surface area contributed by atoms with E-state index in [0.717, 1.165) is 5.56 Å².